The fourth-order valence-corrected chi connectivity index (χ4v) is 2.43. The van der Waals surface area contributed by atoms with Crippen LogP contribution in [0.3, 0.4) is 0 Å². The number of hydrogen-bond donors (Lipinski definition) is 1. The van der Waals surface area contributed by atoms with Crippen molar-refractivity contribution in [2.24, 2.45) is 0 Å². The second-order valence-electron chi connectivity index (χ2n) is 5.29. The molecule has 0 aliphatic carbocycles. The SMILES string of the molecule is Cc1ccc([C@H](C)NC(=O)CCc2ccccc2Cl)cc1. The molecule has 2 aromatic rings. The number of hydrogen-bond acceptors (Lipinski definition) is 1. The maximum absolute atomic E-state index is 12.0. The largest absolute Gasteiger partial charge is 0.350 e. The molecule has 0 fully saturated rings. The standard InChI is InChI=1S/C18H20ClNO/c1-13-7-9-15(10-8-13)14(2)20-18(21)12-11-16-5-3-4-6-17(16)19/h3-10,14H,11-12H2,1-2H3,(H,20,21)/t14-/m0/s1. The molecule has 0 unspecified atom stereocenters. The van der Waals surface area contributed by atoms with Crippen molar-refractivity contribution in [1.82, 2.24) is 5.32 Å². The van der Waals surface area contributed by atoms with Crippen LogP contribution in [0.4, 0.5) is 0 Å². The van der Waals surface area contributed by atoms with E-state index in [9.17, 15) is 4.79 Å². The van der Waals surface area contributed by atoms with Gasteiger partial charge in [0.05, 0.1) is 6.04 Å². The summed E-state index contributed by atoms with van der Waals surface area (Å²) in [6.45, 7) is 4.05. The molecule has 21 heavy (non-hydrogen) atoms. The number of amides is 1. The molecule has 1 atom stereocenters. The fourth-order valence-electron chi connectivity index (χ4n) is 2.20. The lowest BCUT2D eigenvalue weighted by Gasteiger charge is -2.14. The average molecular weight is 302 g/mol. The number of halogens is 1. The molecule has 0 bridgehead atoms. The van der Waals surface area contributed by atoms with Crippen molar-refractivity contribution in [3.63, 3.8) is 0 Å². The molecule has 0 aliphatic heterocycles. The monoisotopic (exact) mass is 301 g/mol. The second-order valence-corrected chi connectivity index (χ2v) is 5.70. The highest BCUT2D eigenvalue weighted by Gasteiger charge is 2.10. The first-order valence-electron chi connectivity index (χ1n) is 7.15. The van der Waals surface area contributed by atoms with Crippen LogP contribution < -0.4 is 5.32 Å². The minimum Gasteiger partial charge on any atom is -0.350 e. The predicted molar refractivity (Wildman–Crippen MR) is 87.5 cm³/mol. The molecule has 0 spiro atoms. The Morgan fingerprint density at radius 2 is 1.81 bits per heavy atom. The lowest BCUT2D eigenvalue weighted by molar-refractivity contribution is -0.121. The maximum Gasteiger partial charge on any atom is 0.220 e. The molecular weight excluding hydrogens is 282 g/mol. The zero-order valence-electron chi connectivity index (χ0n) is 12.4. The van der Waals surface area contributed by atoms with E-state index >= 15 is 0 Å². The van der Waals surface area contributed by atoms with Gasteiger partial charge in [0.25, 0.3) is 0 Å². The highest BCUT2D eigenvalue weighted by atomic mass is 35.5. The maximum atomic E-state index is 12.0. The summed E-state index contributed by atoms with van der Waals surface area (Å²) in [6.07, 6.45) is 1.10. The highest BCUT2D eigenvalue weighted by molar-refractivity contribution is 6.31. The third kappa shape index (κ3) is 4.61. The quantitative estimate of drug-likeness (QED) is 0.868. The van der Waals surface area contributed by atoms with Crippen LogP contribution in [0.25, 0.3) is 0 Å². The summed E-state index contributed by atoms with van der Waals surface area (Å²) in [5.41, 5.74) is 3.35. The van der Waals surface area contributed by atoms with Crippen LogP contribution in [-0.2, 0) is 11.2 Å². The van der Waals surface area contributed by atoms with Gasteiger partial charge in [-0.1, -0.05) is 59.6 Å². The van der Waals surface area contributed by atoms with Crippen LogP contribution in [-0.4, -0.2) is 5.91 Å². The van der Waals surface area contributed by atoms with Crippen molar-refractivity contribution >= 4 is 17.5 Å². The molecule has 2 aromatic carbocycles. The van der Waals surface area contributed by atoms with Gasteiger partial charge >= 0.3 is 0 Å². The molecule has 1 N–H and O–H groups in total. The Bertz CT molecular complexity index is 607. The molecule has 2 nitrogen and oxygen atoms in total. The van der Waals surface area contributed by atoms with Gasteiger partial charge in [-0.25, -0.2) is 0 Å². The third-order valence-electron chi connectivity index (χ3n) is 3.53. The highest BCUT2D eigenvalue weighted by Crippen LogP contribution is 2.17. The van der Waals surface area contributed by atoms with Crippen LogP contribution in [0, 0.1) is 6.92 Å². The van der Waals surface area contributed by atoms with Crippen LogP contribution in [0.5, 0.6) is 0 Å². The minimum absolute atomic E-state index is 0.0179. The normalized spacial score (nSPS) is 12.0. The van der Waals surface area contributed by atoms with Gasteiger partial charge < -0.3 is 5.32 Å². The van der Waals surface area contributed by atoms with E-state index in [1.807, 2.05) is 43.3 Å². The van der Waals surface area contributed by atoms with Crippen molar-refractivity contribution < 1.29 is 4.79 Å². The number of nitrogens with one attached hydrogen (secondary N) is 1. The third-order valence-corrected chi connectivity index (χ3v) is 3.90. The van der Waals surface area contributed by atoms with Crippen LogP contribution in [0.1, 0.15) is 36.1 Å². The summed E-state index contributed by atoms with van der Waals surface area (Å²) in [5, 5.41) is 3.74. The first-order chi connectivity index (χ1) is 10.1. The molecule has 0 aromatic heterocycles. The number of benzene rings is 2. The molecule has 0 saturated heterocycles. The lowest BCUT2D eigenvalue weighted by atomic mass is 10.1. The summed E-state index contributed by atoms with van der Waals surface area (Å²) in [7, 11) is 0. The van der Waals surface area contributed by atoms with E-state index in [1.54, 1.807) is 0 Å². The van der Waals surface area contributed by atoms with Gasteiger partial charge in [0.15, 0.2) is 0 Å². The van der Waals surface area contributed by atoms with E-state index in [4.69, 9.17) is 11.6 Å². The summed E-state index contributed by atoms with van der Waals surface area (Å²) >= 11 is 6.09. The van der Waals surface area contributed by atoms with E-state index in [0.717, 1.165) is 16.1 Å². The van der Waals surface area contributed by atoms with Crippen molar-refractivity contribution in [3.05, 3.63) is 70.2 Å². The van der Waals surface area contributed by atoms with Gasteiger partial charge in [-0.15, -0.1) is 0 Å². The molecule has 3 heteroatoms. The van der Waals surface area contributed by atoms with E-state index in [-0.39, 0.29) is 11.9 Å². The van der Waals surface area contributed by atoms with E-state index in [2.05, 4.69) is 24.4 Å². The predicted octanol–water partition coefficient (Wildman–Crippen LogP) is 4.46. The van der Waals surface area contributed by atoms with Crippen molar-refractivity contribution in [1.29, 1.82) is 0 Å². The fraction of sp³-hybridized carbons (Fsp3) is 0.278. The molecule has 110 valence electrons. The van der Waals surface area contributed by atoms with Crippen LogP contribution in [0.2, 0.25) is 5.02 Å². The van der Waals surface area contributed by atoms with E-state index in [1.165, 1.54) is 5.56 Å². The number of carbonyl (C=O) groups is 1. The molecular formula is C18H20ClNO. The zero-order valence-corrected chi connectivity index (χ0v) is 13.2. The molecule has 2 rings (SSSR count). The van der Waals surface area contributed by atoms with E-state index < -0.39 is 0 Å². The second kappa shape index (κ2) is 7.28. The number of rotatable bonds is 5. The van der Waals surface area contributed by atoms with E-state index in [0.29, 0.717) is 12.8 Å². The Kier molecular flexibility index (Phi) is 5.40. The molecule has 0 radical (unpaired) electrons. The lowest BCUT2D eigenvalue weighted by Crippen LogP contribution is -2.26. The number of carbonyl (C=O) groups excluding carboxylic acids is 1. The van der Waals surface area contributed by atoms with Crippen LogP contribution >= 0.6 is 11.6 Å². The van der Waals surface area contributed by atoms with Gasteiger partial charge in [0.1, 0.15) is 0 Å². The molecule has 0 saturated carbocycles. The van der Waals surface area contributed by atoms with Crippen LogP contribution in [0.15, 0.2) is 48.5 Å². The molecule has 0 heterocycles. The smallest absolute Gasteiger partial charge is 0.220 e. The van der Waals surface area contributed by atoms with Gasteiger partial charge in [-0.05, 0) is 37.5 Å². The first kappa shape index (κ1) is 15.6. The Labute approximate surface area is 131 Å². The van der Waals surface area contributed by atoms with Gasteiger partial charge in [-0.2, -0.15) is 0 Å². The van der Waals surface area contributed by atoms with Gasteiger partial charge in [0, 0.05) is 11.4 Å². The van der Waals surface area contributed by atoms with Crippen molar-refractivity contribution in [2.75, 3.05) is 0 Å². The molecule has 1 amide bonds. The molecule has 0 aliphatic rings. The minimum atomic E-state index is 0.0179. The Morgan fingerprint density at radius 1 is 1.14 bits per heavy atom. The summed E-state index contributed by atoms with van der Waals surface area (Å²) in [6, 6.07) is 15.9. The van der Waals surface area contributed by atoms with Gasteiger partial charge in [0.2, 0.25) is 5.91 Å². The zero-order chi connectivity index (χ0) is 15.2. The number of aryl methyl sites for hydroxylation is 2. The van der Waals surface area contributed by atoms with Crippen molar-refractivity contribution in [2.45, 2.75) is 32.7 Å². The Morgan fingerprint density at radius 3 is 2.48 bits per heavy atom. The average Bonchev–Trinajstić information content (AvgIpc) is 2.47. The summed E-state index contributed by atoms with van der Waals surface area (Å²) in [5.74, 6) is 0.0444. The van der Waals surface area contributed by atoms with Crippen molar-refractivity contribution in [3.8, 4) is 0 Å². The Balaban J connectivity index is 1.87. The first-order valence-corrected chi connectivity index (χ1v) is 7.53. The topological polar surface area (TPSA) is 29.1 Å². The van der Waals surface area contributed by atoms with Gasteiger partial charge in [-0.3, -0.25) is 4.79 Å². The summed E-state index contributed by atoms with van der Waals surface area (Å²) < 4.78 is 0. The summed E-state index contributed by atoms with van der Waals surface area (Å²) in [4.78, 5) is 12.0. The Hall–Kier alpha value is -1.80.